The van der Waals surface area contributed by atoms with E-state index in [1.165, 1.54) is 6.07 Å². The fourth-order valence-corrected chi connectivity index (χ4v) is 2.25. The first-order valence-corrected chi connectivity index (χ1v) is 7.59. The topological polar surface area (TPSA) is 41.1 Å². The summed E-state index contributed by atoms with van der Waals surface area (Å²) in [6, 6.07) is 9.60. The van der Waals surface area contributed by atoms with Crippen molar-refractivity contribution in [2.24, 2.45) is 0 Å². The van der Waals surface area contributed by atoms with E-state index in [4.69, 9.17) is 11.6 Å². The number of carbonyl (C=O) groups excluding carboxylic acids is 1. The van der Waals surface area contributed by atoms with E-state index in [2.05, 4.69) is 26.6 Å². The molecule has 0 saturated heterocycles. The van der Waals surface area contributed by atoms with Crippen molar-refractivity contribution in [3.63, 3.8) is 0 Å². The molecule has 2 rings (SSSR count). The predicted octanol–water partition coefficient (Wildman–Crippen LogP) is 5.44. The molecular formula is C15H11BrClF3N2O. The molecule has 0 radical (unpaired) electrons. The summed E-state index contributed by atoms with van der Waals surface area (Å²) >= 11 is 8.87. The number of rotatable bonds is 3. The Morgan fingerprint density at radius 1 is 1.13 bits per heavy atom. The molecule has 3 nitrogen and oxygen atoms in total. The van der Waals surface area contributed by atoms with E-state index in [0.29, 0.717) is 0 Å². The van der Waals surface area contributed by atoms with Crippen LogP contribution in [0.5, 0.6) is 0 Å². The number of alkyl halides is 3. The van der Waals surface area contributed by atoms with Gasteiger partial charge in [0.25, 0.3) is 0 Å². The molecule has 0 atom stereocenters. The summed E-state index contributed by atoms with van der Waals surface area (Å²) in [7, 11) is 0. The summed E-state index contributed by atoms with van der Waals surface area (Å²) in [6.45, 7) is 0.189. The second kappa shape index (κ2) is 7.23. The van der Waals surface area contributed by atoms with Crippen LogP contribution in [0.3, 0.4) is 0 Å². The van der Waals surface area contributed by atoms with Crippen molar-refractivity contribution in [1.29, 1.82) is 0 Å². The van der Waals surface area contributed by atoms with Crippen molar-refractivity contribution in [1.82, 2.24) is 5.32 Å². The lowest BCUT2D eigenvalue weighted by Gasteiger charge is -2.14. The summed E-state index contributed by atoms with van der Waals surface area (Å²) < 4.78 is 39.7. The zero-order chi connectivity index (χ0) is 17.0. The molecule has 0 aliphatic carbocycles. The Morgan fingerprint density at radius 2 is 1.78 bits per heavy atom. The van der Waals surface area contributed by atoms with Crippen molar-refractivity contribution in [2.45, 2.75) is 12.7 Å². The third-order valence-electron chi connectivity index (χ3n) is 2.90. The van der Waals surface area contributed by atoms with Gasteiger partial charge in [-0.1, -0.05) is 39.7 Å². The van der Waals surface area contributed by atoms with E-state index in [1.54, 1.807) is 24.3 Å². The van der Waals surface area contributed by atoms with Crippen LogP contribution in [0.4, 0.5) is 23.7 Å². The van der Waals surface area contributed by atoms with Crippen LogP contribution in [-0.4, -0.2) is 6.03 Å². The van der Waals surface area contributed by atoms with Gasteiger partial charge in [0, 0.05) is 16.0 Å². The van der Waals surface area contributed by atoms with Gasteiger partial charge in [-0.2, -0.15) is 13.2 Å². The summed E-state index contributed by atoms with van der Waals surface area (Å²) in [5, 5.41) is 4.63. The monoisotopic (exact) mass is 406 g/mol. The molecule has 0 unspecified atom stereocenters. The zero-order valence-corrected chi connectivity index (χ0v) is 13.9. The highest BCUT2D eigenvalue weighted by Crippen LogP contribution is 2.36. The Labute approximate surface area is 144 Å². The SMILES string of the molecule is O=C(NCc1ccc(Br)cc1)Nc1ccc(Cl)cc1C(F)(F)F. The third kappa shape index (κ3) is 5.14. The molecule has 0 heterocycles. The molecule has 23 heavy (non-hydrogen) atoms. The van der Waals surface area contributed by atoms with Gasteiger partial charge in [-0.3, -0.25) is 0 Å². The van der Waals surface area contributed by atoms with Crippen molar-refractivity contribution >= 4 is 39.2 Å². The normalized spacial score (nSPS) is 11.2. The molecular weight excluding hydrogens is 397 g/mol. The van der Waals surface area contributed by atoms with Crippen LogP contribution >= 0.6 is 27.5 Å². The van der Waals surface area contributed by atoms with Crippen LogP contribution in [0.1, 0.15) is 11.1 Å². The number of hydrogen-bond acceptors (Lipinski definition) is 1. The van der Waals surface area contributed by atoms with Crippen LogP contribution in [0, 0.1) is 0 Å². The van der Waals surface area contributed by atoms with E-state index < -0.39 is 17.8 Å². The molecule has 0 aliphatic heterocycles. The van der Waals surface area contributed by atoms with Gasteiger partial charge in [0.15, 0.2) is 0 Å². The van der Waals surface area contributed by atoms with E-state index in [1.807, 2.05) is 0 Å². The van der Waals surface area contributed by atoms with E-state index in [-0.39, 0.29) is 17.3 Å². The summed E-state index contributed by atoms with van der Waals surface area (Å²) in [5.41, 5.74) is -0.533. The van der Waals surface area contributed by atoms with Gasteiger partial charge in [-0.25, -0.2) is 4.79 Å². The average Bonchev–Trinajstić information content (AvgIpc) is 2.47. The third-order valence-corrected chi connectivity index (χ3v) is 3.67. The molecule has 2 N–H and O–H groups in total. The first-order chi connectivity index (χ1) is 10.8. The maximum Gasteiger partial charge on any atom is 0.418 e. The highest BCUT2D eigenvalue weighted by molar-refractivity contribution is 9.10. The standard InChI is InChI=1S/C15H11BrClF3N2O/c16-10-3-1-9(2-4-10)8-21-14(23)22-13-6-5-11(17)7-12(13)15(18,19)20/h1-7H,8H2,(H2,21,22,23). The molecule has 122 valence electrons. The van der Waals surface area contributed by atoms with Crippen LogP contribution in [0.15, 0.2) is 46.9 Å². The van der Waals surface area contributed by atoms with Crippen LogP contribution in [0.25, 0.3) is 0 Å². The molecule has 2 amide bonds. The summed E-state index contributed by atoms with van der Waals surface area (Å²) in [4.78, 5) is 11.8. The number of anilines is 1. The smallest absolute Gasteiger partial charge is 0.334 e. The first-order valence-electron chi connectivity index (χ1n) is 6.42. The molecule has 2 aromatic rings. The average molecular weight is 408 g/mol. The van der Waals surface area contributed by atoms with Gasteiger partial charge in [-0.05, 0) is 35.9 Å². The Kier molecular flexibility index (Phi) is 5.54. The molecule has 8 heteroatoms. The van der Waals surface area contributed by atoms with E-state index in [0.717, 1.165) is 22.2 Å². The Balaban J connectivity index is 2.04. The Hall–Kier alpha value is -1.73. The number of urea groups is 1. The van der Waals surface area contributed by atoms with Crippen molar-refractivity contribution < 1.29 is 18.0 Å². The Bertz CT molecular complexity index is 705. The van der Waals surface area contributed by atoms with Crippen molar-refractivity contribution in [3.05, 3.63) is 63.1 Å². The number of nitrogens with one attached hydrogen (secondary N) is 2. The minimum absolute atomic E-state index is 0.0573. The first kappa shape index (κ1) is 17.6. The second-order valence-electron chi connectivity index (χ2n) is 4.62. The van der Waals surface area contributed by atoms with Crippen LogP contribution in [-0.2, 0) is 12.7 Å². The van der Waals surface area contributed by atoms with Gasteiger partial charge >= 0.3 is 12.2 Å². The molecule has 0 aliphatic rings. The molecule has 0 saturated carbocycles. The highest BCUT2D eigenvalue weighted by atomic mass is 79.9. The molecule has 0 bridgehead atoms. The largest absolute Gasteiger partial charge is 0.418 e. The fraction of sp³-hybridized carbons (Fsp3) is 0.133. The van der Waals surface area contributed by atoms with E-state index >= 15 is 0 Å². The summed E-state index contributed by atoms with van der Waals surface area (Å²) in [5.74, 6) is 0. The predicted molar refractivity (Wildman–Crippen MR) is 86.5 cm³/mol. The maximum absolute atomic E-state index is 12.9. The fourth-order valence-electron chi connectivity index (χ4n) is 1.81. The van der Waals surface area contributed by atoms with Crippen molar-refractivity contribution in [3.8, 4) is 0 Å². The number of hydrogen-bond donors (Lipinski definition) is 2. The lowest BCUT2D eigenvalue weighted by Crippen LogP contribution is -2.29. The van der Waals surface area contributed by atoms with Crippen LogP contribution < -0.4 is 10.6 Å². The Morgan fingerprint density at radius 3 is 2.39 bits per heavy atom. The minimum atomic E-state index is -4.61. The highest BCUT2D eigenvalue weighted by Gasteiger charge is 2.34. The van der Waals surface area contributed by atoms with Crippen molar-refractivity contribution in [2.75, 3.05) is 5.32 Å². The molecule has 0 aromatic heterocycles. The second-order valence-corrected chi connectivity index (χ2v) is 5.97. The number of amides is 2. The summed E-state index contributed by atoms with van der Waals surface area (Å²) in [6.07, 6.45) is -4.61. The number of halogens is 5. The lowest BCUT2D eigenvalue weighted by atomic mass is 10.1. The lowest BCUT2D eigenvalue weighted by molar-refractivity contribution is -0.136. The van der Waals surface area contributed by atoms with Gasteiger partial charge in [0.2, 0.25) is 0 Å². The molecule has 0 spiro atoms. The minimum Gasteiger partial charge on any atom is -0.334 e. The molecule has 0 fully saturated rings. The van der Waals surface area contributed by atoms with E-state index in [9.17, 15) is 18.0 Å². The van der Waals surface area contributed by atoms with Crippen LogP contribution in [0.2, 0.25) is 5.02 Å². The van der Waals surface area contributed by atoms with Gasteiger partial charge < -0.3 is 10.6 Å². The van der Waals surface area contributed by atoms with Gasteiger partial charge in [0.05, 0.1) is 11.3 Å². The van der Waals surface area contributed by atoms with Gasteiger partial charge in [0.1, 0.15) is 0 Å². The zero-order valence-electron chi connectivity index (χ0n) is 11.5. The maximum atomic E-state index is 12.9. The molecule has 2 aromatic carbocycles. The number of carbonyl (C=O) groups is 1. The number of benzene rings is 2. The quantitative estimate of drug-likeness (QED) is 0.698. The van der Waals surface area contributed by atoms with Gasteiger partial charge in [-0.15, -0.1) is 0 Å².